The quantitative estimate of drug-likeness (QED) is 0.0420. The maximum Gasteiger partial charge on any atom is 0.220 e. The third-order valence-electron chi connectivity index (χ3n) is 15.7. The predicted molar refractivity (Wildman–Crippen MR) is 359 cm³/mol. The Morgan fingerprint density at radius 2 is 0.562 bits per heavy atom. The molecular formula is C76H135NO3. The van der Waals surface area contributed by atoms with Crippen molar-refractivity contribution >= 4 is 5.91 Å². The van der Waals surface area contributed by atoms with Crippen LogP contribution in [0.25, 0.3) is 0 Å². The third kappa shape index (κ3) is 65.9. The van der Waals surface area contributed by atoms with Crippen molar-refractivity contribution in [3.8, 4) is 0 Å². The van der Waals surface area contributed by atoms with Crippen LogP contribution in [0.1, 0.15) is 348 Å². The minimum atomic E-state index is -0.871. The zero-order valence-corrected chi connectivity index (χ0v) is 53.3. The lowest BCUT2D eigenvalue weighted by atomic mass is 10.0. The molecule has 0 bridgehead atoms. The van der Waals surface area contributed by atoms with E-state index in [0.29, 0.717) is 6.42 Å². The topological polar surface area (TPSA) is 69.6 Å². The van der Waals surface area contributed by atoms with Crippen molar-refractivity contribution in [3.63, 3.8) is 0 Å². The molecule has 3 N–H and O–H groups in total. The first-order valence-corrected chi connectivity index (χ1v) is 35.1. The normalized spacial score (nSPS) is 13.4. The zero-order valence-electron chi connectivity index (χ0n) is 53.3. The molecule has 462 valence electrons. The Balaban J connectivity index is 3.52. The van der Waals surface area contributed by atoms with E-state index in [2.05, 4.69) is 116 Å². The van der Waals surface area contributed by atoms with Crippen molar-refractivity contribution in [2.75, 3.05) is 6.61 Å². The van der Waals surface area contributed by atoms with Gasteiger partial charge in [0.1, 0.15) is 0 Å². The highest BCUT2D eigenvalue weighted by Gasteiger charge is 2.18. The second-order valence-electron chi connectivity index (χ2n) is 23.6. The van der Waals surface area contributed by atoms with Crippen LogP contribution in [0.2, 0.25) is 0 Å². The van der Waals surface area contributed by atoms with Gasteiger partial charge in [-0.15, -0.1) is 0 Å². The number of aliphatic hydroxyl groups is 2. The highest BCUT2D eigenvalue weighted by molar-refractivity contribution is 5.76. The Labute approximate surface area is 499 Å². The summed E-state index contributed by atoms with van der Waals surface area (Å²) in [4.78, 5) is 12.5. The monoisotopic (exact) mass is 1110 g/mol. The van der Waals surface area contributed by atoms with Crippen LogP contribution in [0.3, 0.4) is 0 Å². The first kappa shape index (κ1) is 77.0. The van der Waals surface area contributed by atoms with Gasteiger partial charge in [0, 0.05) is 6.42 Å². The van der Waals surface area contributed by atoms with E-state index in [1.807, 2.05) is 6.08 Å². The van der Waals surface area contributed by atoms with Crippen molar-refractivity contribution in [2.24, 2.45) is 0 Å². The molecule has 2 atom stereocenters. The number of amides is 1. The fourth-order valence-corrected chi connectivity index (χ4v) is 10.5. The van der Waals surface area contributed by atoms with Gasteiger partial charge in [0.05, 0.1) is 18.8 Å². The lowest BCUT2D eigenvalue weighted by Crippen LogP contribution is -2.45. The third-order valence-corrected chi connectivity index (χ3v) is 15.7. The molecule has 0 aliphatic carbocycles. The Morgan fingerprint density at radius 3 is 0.875 bits per heavy atom. The summed E-state index contributed by atoms with van der Waals surface area (Å²) < 4.78 is 0. The van der Waals surface area contributed by atoms with Gasteiger partial charge in [0.2, 0.25) is 5.91 Å². The van der Waals surface area contributed by atoms with Gasteiger partial charge in [-0.2, -0.15) is 0 Å². The van der Waals surface area contributed by atoms with Crippen LogP contribution < -0.4 is 5.32 Å². The van der Waals surface area contributed by atoms with Gasteiger partial charge < -0.3 is 15.5 Å². The van der Waals surface area contributed by atoms with E-state index in [0.717, 1.165) is 77.0 Å². The molecule has 0 spiro atoms. The van der Waals surface area contributed by atoms with Crippen molar-refractivity contribution in [2.45, 2.75) is 360 Å². The molecule has 4 heteroatoms. The molecule has 80 heavy (non-hydrogen) atoms. The summed E-state index contributed by atoms with van der Waals surface area (Å²) in [5.41, 5.74) is 0. The van der Waals surface area contributed by atoms with Crippen molar-refractivity contribution < 1.29 is 15.0 Å². The Morgan fingerprint density at radius 1 is 0.312 bits per heavy atom. The molecule has 1 amide bonds. The first-order valence-electron chi connectivity index (χ1n) is 35.1. The molecule has 0 fully saturated rings. The van der Waals surface area contributed by atoms with Crippen LogP contribution >= 0.6 is 0 Å². The van der Waals surface area contributed by atoms with Gasteiger partial charge in [0.15, 0.2) is 0 Å². The number of unbranched alkanes of at least 4 members (excludes halogenated alkanes) is 41. The van der Waals surface area contributed by atoms with Gasteiger partial charge in [-0.05, 0) is 89.9 Å². The number of carbonyl (C=O) groups excluding carboxylic acids is 1. The minimum absolute atomic E-state index is 0.0751. The molecule has 4 nitrogen and oxygen atoms in total. The second kappa shape index (κ2) is 70.3. The van der Waals surface area contributed by atoms with E-state index in [9.17, 15) is 15.0 Å². The summed E-state index contributed by atoms with van der Waals surface area (Å²) in [6.45, 7) is 4.21. The number of nitrogens with one attached hydrogen (secondary N) is 1. The first-order chi connectivity index (χ1) is 39.7. The van der Waals surface area contributed by atoms with Crippen LogP contribution in [0.5, 0.6) is 0 Å². The summed E-state index contributed by atoms with van der Waals surface area (Å²) in [6.07, 6.45) is 106. The Hall–Kier alpha value is -2.95. The van der Waals surface area contributed by atoms with Gasteiger partial charge >= 0.3 is 0 Å². The van der Waals surface area contributed by atoms with Crippen molar-refractivity contribution in [1.82, 2.24) is 5.32 Å². The Kier molecular flexibility index (Phi) is 67.7. The number of hydrogen-bond acceptors (Lipinski definition) is 3. The van der Waals surface area contributed by atoms with Gasteiger partial charge in [-0.3, -0.25) is 4.79 Å². The smallest absolute Gasteiger partial charge is 0.220 e. The van der Waals surface area contributed by atoms with Crippen molar-refractivity contribution in [3.05, 3.63) is 109 Å². The summed E-state index contributed by atoms with van der Waals surface area (Å²) in [7, 11) is 0. The van der Waals surface area contributed by atoms with E-state index in [4.69, 9.17) is 0 Å². The molecule has 0 rings (SSSR count). The van der Waals surface area contributed by atoms with Crippen LogP contribution in [0.4, 0.5) is 0 Å². The summed E-state index contributed by atoms with van der Waals surface area (Å²) in [5, 5.41) is 23.3. The molecule has 0 aliphatic heterocycles. The van der Waals surface area contributed by atoms with E-state index in [-0.39, 0.29) is 12.5 Å². The van der Waals surface area contributed by atoms with Crippen LogP contribution in [0, 0.1) is 0 Å². The molecule has 0 aliphatic rings. The van der Waals surface area contributed by atoms with Gasteiger partial charge in [-0.1, -0.05) is 361 Å². The maximum atomic E-state index is 12.5. The molecule has 0 aromatic rings. The lowest BCUT2D eigenvalue weighted by Gasteiger charge is -2.19. The largest absolute Gasteiger partial charge is 0.394 e. The fraction of sp³-hybridized carbons (Fsp3) is 0.750. The average molecular weight is 1110 g/mol. The van der Waals surface area contributed by atoms with E-state index < -0.39 is 12.1 Å². The number of carbonyl (C=O) groups is 1. The number of allylic oxidation sites excluding steroid dienone is 17. The molecule has 0 saturated heterocycles. The lowest BCUT2D eigenvalue weighted by molar-refractivity contribution is -0.123. The van der Waals surface area contributed by atoms with Crippen LogP contribution in [-0.4, -0.2) is 34.9 Å². The molecule has 0 saturated carbocycles. The number of rotatable bonds is 64. The fourth-order valence-electron chi connectivity index (χ4n) is 10.5. The predicted octanol–water partition coefficient (Wildman–Crippen LogP) is 24.2. The van der Waals surface area contributed by atoms with Gasteiger partial charge in [0.25, 0.3) is 0 Å². The molecule has 0 aromatic carbocycles. The standard InChI is InChI=1S/C76H135NO3/c1-3-5-7-9-11-13-15-17-19-21-23-25-27-29-31-33-35-37-38-40-42-44-46-48-50-52-54-56-58-60-62-64-66-68-70-72-76(80)77-74(73-78)75(79)71-69-67-65-63-61-59-57-55-53-51-49-47-45-43-41-39-36-34-32-30-28-26-24-22-20-18-16-14-12-10-8-6-4-2/h5,7,11,13,17,19,23,25,29,31,35,37,40,42,61,63,69,71,74-75,78-79H,3-4,6,8-10,12,14-16,18,20-22,24,26-28,30,32-34,36,38-39,41,43-60,62,64-68,70,72-73H2,1-2H3,(H,77,80)/b7-5-,13-11-,19-17-,25-23-,31-29-,37-35-,42-40-,63-61+,71-69+. The number of aliphatic hydroxyl groups excluding tert-OH is 2. The second-order valence-corrected chi connectivity index (χ2v) is 23.6. The summed E-state index contributed by atoms with van der Waals surface area (Å²) >= 11 is 0. The molecule has 0 heterocycles. The van der Waals surface area contributed by atoms with E-state index in [1.54, 1.807) is 6.08 Å². The Bertz CT molecular complexity index is 1490. The number of hydrogen-bond donors (Lipinski definition) is 3. The SMILES string of the molecule is CC/C=C\C/C=C\C/C=C\C/C=C\C/C=C\C/C=C\C/C=C\CCCCCCCCCCCCCCCC(=O)NC(CO)C(O)/C=C/CC/C=C/CCCCCCCCCCCCCCCCCCCCCCCCCCCCC. The molecule has 0 radical (unpaired) electrons. The van der Waals surface area contributed by atoms with E-state index in [1.165, 1.54) is 250 Å². The highest BCUT2D eigenvalue weighted by atomic mass is 16.3. The minimum Gasteiger partial charge on any atom is -0.394 e. The van der Waals surface area contributed by atoms with Crippen LogP contribution in [-0.2, 0) is 4.79 Å². The zero-order chi connectivity index (χ0) is 57.6. The summed E-state index contributed by atoms with van der Waals surface area (Å²) in [5.74, 6) is -0.0751. The molecular weight excluding hydrogens is 975 g/mol. The maximum absolute atomic E-state index is 12.5. The van der Waals surface area contributed by atoms with Crippen LogP contribution in [0.15, 0.2) is 109 Å². The van der Waals surface area contributed by atoms with Crippen molar-refractivity contribution in [1.29, 1.82) is 0 Å². The van der Waals surface area contributed by atoms with E-state index >= 15 is 0 Å². The van der Waals surface area contributed by atoms with Gasteiger partial charge in [-0.25, -0.2) is 0 Å². The average Bonchev–Trinajstić information content (AvgIpc) is 3.46. The summed E-state index contributed by atoms with van der Waals surface area (Å²) in [6, 6.07) is -0.648. The molecule has 2 unspecified atom stereocenters. The molecule has 0 aromatic heterocycles. The highest BCUT2D eigenvalue weighted by Crippen LogP contribution is 2.18.